The Morgan fingerprint density at radius 3 is 2.85 bits per heavy atom. The summed E-state index contributed by atoms with van der Waals surface area (Å²) in [6, 6.07) is 3.55. The SMILES string of the molecule is CCc1nc(SC(C)C(=O)Nc2nc(-c3ccc(F)c(F)c3)cs2)n[nH]1. The van der Waals surface area contributed by atoms with Crippen LogP contribution in [0, 0.1) is 11.6 Å². The van der Waals surface area contributed by atoms with Gasteiger partial charge in [0.05, 0.1) is 10.9 Å². The molecule has 0 saturated heterocycles. The lowest BCUT2D eigenvalue weighted by Gasteiger charge is -2.07. The zero-order chi connectivity index (χ0) is 18.7. The fourth-order valence-electron chi connectivity index (χ4n) is 2.03. The molecule has 2 N–H and O–H groups in total. The minimum absolute atomic E-state index is 0.246. The number of rotatable bonds is 6. The number of thioether (sulfide) groups is 1. The third kappa shape index (κ3) is 4.25. The van der Waals surface area contributed by atoms with Gasteiger partial charge < -0.3 is 5.32 Å². The van der Waals surface area contributed by atoms with Gasteiger partial charge in [-0.05, 0) is 25.1 Å². The number of halogens is 2. The van der Waals surface area contributed by atoms with Crippen LogP contribution in [-0.4, -0.2) is 31.3 Å². The first-order valence-electron chi connectivity index (χ1n) is 7.76. The molecule has 0 radical (unpaired) electrons. The van der Waals surface area contributed by atoms with E-state index in [1.165, 1.54) is 29.2 Å². The number of amides is 1. The number of aromatic amines is 1. The van der Waals surface area contributed by atoms with E-state index < -0.39 is 16.9 Å². The number of H-pyrrole nitrogens is 1. The van der Waals surface area contributed by atoms with Gasteiger partial charge in [0.15, 0.2) is 16.8 Å². The molecule has 1 aromatic carbocycles. The van der Waals surface area contributed by atoms with Crippen molar-refractivity contribution in [3.8, 4) is 11.3 Å². The second kappa shape index (κ2) is 7.92. The minimum Gasteiger partial charge on any atom is -0.301 e. The van der Waals surface area contributed by atoms with Crippen molar-refractivity contribution in [2.45, 2.75) is 30.7 Å². The Labute approximate surface area is 156 Å². The van der Waals surface area contributed by atoms with Crippen molar-refractivity contribution >= 4 is 34.1 Å². The molecule has 1 unspecified atom stereocenters. The van der Waals surface area contributed by atoms with E-state index in [1.54, 1.807) is 12.3 Å². The van der Waals surface area contributed by atoms with Crippen LogP contribution in [0.1, 0.15) is 19.7 Å². The summed E-state index contributed by atoms with van der Waals surface area (Å²) in [5.41, 5.74) is 0.905. The van der Waals surface area contributed by atoms with Crippen molar-refractivity contribution in [2.24, 2.45) is 0 Å². The van der Waals surface area contributed by atoms with Crippen LogP contribution < -0.4 is 5.32 Å². The summed E-state index contributed by atoms with van der Waals surface area (Å²) < 4.78 is 26.4. The van der Waals surface area contributed by atoms with Crippen molar-refractivity contribution in [2.75, 3.05) is 5.32 Å². The van der Waals surface area contributed by atoms with E-state index in [-0.39, 0.29) is 5.91 Å². The highest BCUT2D eigenvalue weighted by Crippen LogP contribution is 2.27. The molecule has 26 heavy (non-hydrogen) atoms. The molecule has 6 nitrogen and oxygen atoms in total. The smallest absolute Gasteiger partial charge is 0.239 e. The average molecular weight is 395 g/mol. The quantitative estimate of drug-likeness (QED) is 0.619. The van der Waals surface area contributed by atoms with Crippen LogP contribution in [0.5, 0.6) is 0 Å². The molecule has 3 rings (SSSR count). The molecule has 0 aliphatic heterocycles. The molecule has 1 atom stereocenters. The first-order valence-corrected chi connectivity index (χ1v) is 9.52. The molecular weight excluding hydrogens is 380 g/mol. The molecule has 0 saturated carbocycles. The van der Waals surface area contributed by atoms with Crippen LogP contribution in [0.4, 0.5) is 13.9 Å². The fraction of sp³-hybridized carbons (Fsp3) is 0.250. The van der Waals surface area contributed by atoms with E-state index in [1.807, 2.05) is 6.92 Å². The highest BCUT2D eigenvalue weighted by atomic mass is 32.2. The molecule has 0 aliphatic carbocycles. The highest BCUT2D eigenvalue weighted by molar-refractivity contribution is 8.00. The Balaban J connectivity index is 1.64. The maximum Gasteiger partial charge on any atom is 0.239 e. The number of thiazole rings is 1. The van der Waals surface area contributed by atoms with Gasteiger partial charge in [-0.2, -0.15) is 0 Å². The van der Waals surface area contributed by atoms with E-state index in [0.717, 1.165) is 24.4 Å². The number of aromatic nitrogens is 4. The standard InChI is InChI=1S/C16H15F2N5OS2/c1-3-13-20-16(23-22-13)26-8(2)14(24)21-15-19-12(7-25-15)9-4-5-10(17)11(18)6-9/h4-8H,3H2,1-2H3,(H,19,21,24)(H,20,22,23). The molecule has 2 aromatic heterocycles. The molecule has 0 fully saturated rings. The Bertz CT molecular complexity index is 927. The number of carbonyl (C=O) groups is 1. The molecule has 10 heteroatoms. The minimum atomic E-state index is -0.941. The number of hydrogen-bond acceptors (Lipinski definition) is 6. The summed E-state index contributed by atoms with van der Waals surface area (Å²) in [6.45, 7) is 3.70. The van der Waals surface area contributed by atoms with E-state index in [0.29, 0.717) is 21.5 Å². The Hall–Kier alpha value is -2.33. The largest absolute Gasteiger partial charge is 0.301 e. The molecule has 0 bridgehead atoms. The summed E-state index contributed by atoms with van der Waals surface area (Å²) in [6.07, 6.45) is 0.736. The van der Waals surface area contributed by atoms with Gasteiger partial charge in [-0.3, -0.25) is 9.89 Å². The number of anilines is 1. The Kier molecular flexibility index (Phi) is 5.62. The number of benzene rings is 1. The zero-order valence-corrected chi connectivity index (χ0v) is 15.5. The van der Waals surface area contributed by atoms with Crippen molar-refractivity contribution in [1.82, 2.24) is 20.2 Å². The van der Waals surface area contributed by atoms with E-state index in [4.69, 9.17) is 0 Å². The topological polar surface area (TPSA) is 83.6 Å². The van der Waals surface area contributed by atoms with Crippen LogP contribution in [-0.2, 0) is 11.2 Å². The van der Waals surface area contributed by atoms with Gasteiger partial charge in [0.2, 0.25) is 11.1 Å². The lowest BCUT2D eigenvalue weighted by molar-refractivity contribution is -0.115. The van der Waals surface area contributed by atoms with Gasteiger partial charge in [-0.25, -0.2) is 18.7 Å². The maximum absolute atomic E-state index is 13.3. The predicted octanol–water partition coefficient (Wildman–Crippen LogP) is 3.89. The van der Waals surface area contributed by atoms with Gasteiger partial charge in [0.25, 0.3) is 0 Å². The fourth-order valence-corrected chi connectivity index (χ4v) is 3.49. The average Bonchev–Trinajstić information content (AvgIpc) is 3.26. The molecule has 0 aliphatic rings. The summed E-state index contributed by atoms with van der Waals surface area (Å²) in [5, 5.41) is 11.7. The first kappa shape index (κ1) is 18.5. The van der Waals surface area contributed by atoms with Gasteiger partial charge in [-0.1, -0.05) is 18.7 Å². The number of carbonyl (C=O) groups excluding carboxylic acids is 1. The van der Waals surface area contributed by atoms with E-state index in [2.05, 4.69) is 25.5 Å². The highest BCUT2D eigenvalue weighted by Gasteiger charge is 2.18. The van der Waals surface area contributed by atoms with E-state index in [9.17, 15) is 13.6 Å². The van der Waals surface area contributed by atoms with Crippen LogP contribution in [0.3, 0.4) is 0 Å². The van der Waals surface area contributed by atoms with Gasteiger partial charge in [-0.15, -0.1) is 16.4 Å². The van der Waals surface area contributed by atoms with Crippen LogP contribution in [0.25, 0.3) is 11.3 Å². The van der Waals surface area contributed by atoms with Crippen molar-refractivity contribution in [1.29, 1.82) is 0 Å². The Morgan fingerprint density at radius 1 is 1.35 bits per heavy atom. The number of nitrogens with zero attached hydrogens (tertiary/aromatic N) is 3. The zero-order valence-electron chi connectivity index (χ0n) is 13.9. The third-order valence-corrected chi connectivity index (χ3v) is 5.17. The number of hydrogen-bond donors (Lipinski definition) is 2. The van der Waals surface area contributed by atoms with Crippen molar-refractivity contribution in [3.63, 3.8) is 0 Å². The summed E-state index contributed by atoms with van der Waals surface area (Å²) in [7, 11) is 0. The van der Waals surface area contributed by atoms with Crippen LogP contribution in [0.15, 0.2) is 28.7 Å². The summed E-state index contributed by atoms with van der Waals surface area (Å²) >= 11 is 2.44. The molecule has 2 heterocycles. The monoisotopic (exact) mass is 395 g/mol. The number of nitrogens with one attached hydrogen (secondary N) is 2. The Morgan fingerprint density at radius 2 is 2.15 bits per heavy atom. The lowest BCUT2D eigenvalue weighted by Crippen LogP contribution is -2.22. The van der Waals surface area contributed by atoms with Gasteiger partial charge >= 0.3 is 0 Å². The predicted molar refractivity (Wildman–Crippen MR) is 97.2 cm³/mol. The molecule has 1 amide bonds. The van der Waals surface area contributed by atoms with Crippen LogP contribution in [0.2, 0.25) is 0 Å². The molecule has 3 aromatic rings. The second-order valence-electron chi connectivity index (χ2n) is 5.33. The molecular formula is C16H15F2N5OS2. The van der Waals surface area contributed by atoms with Gasteiger partial charge in [0.1, 0.15) is 5.82 Å². The molecule has 0 spiro atoms. The second-order valence-corrected chi connectivity index (χ2v) is 7.50. The van der Waals surface area contributed by atoms with Crippen molar-refractivity contribution < 1.29 is 13.6 Å². The normalized spacial score (nSPS) is 12.2. The van der Waals surface area contributed by atoms with Gasteiger partial charge in [0, 0.05) is 17.4 Å². The van der Waals surface area contributed by atoms with Crippen LogP contribution >= 0.6 is 23.1 Å². The summed E-state index contributed by atoms with van der Waals surface area (Å²) in [4.78, 5) is 20.8. The summed E-state index contributed by atoms with van der Waals surface area (Å²) in [5.74, 6) is -1.34. The lowest BCUT2D eigenvalue weighted by atomic mass is 10.2. The van der Waals surface area contributed by atoms with E-state index >= 15 is 0 Å². The van der Waals surface area contributed by atoms with Crippen molar-refractivity contribution in [3.05, 3.63) is 41.0 Å². The number of aryl methyl sites for hydroxylation is 1. The first-order chi connectivity index (χ1) is 12.5. The third-order valence-electron chi connectivity index (χ3n) is 3.45. The molecule has 136 valence electrons. The maximum atomic E-state index is 13.3.